The Kier molecular flexibility index (Phi) is 3.87. The molecular formula is C9H7F4NO4S. The first-order valence-electron chi connectivity index (χ1n) is 4.50. The minimum absolute atomic E-state index is 0.0110. The number of esters is 1. The fourth-order valence-corrected chi connectivity index (χ4v) is 1.79. The molecule has 0 aromatic heterocycles. The number of alkyl halides is 3. The third kappa shape index (κ3) is 3.20. The van der Waals surface area contributed by atoms with Crippen LogP contribution < -0.4 is 5.14 Å². The lowest BCUT2D eigenvalue weighted by Crippen LogP contribution is -2.19. The average molecular weight is 301 g/mol. The molecule has 5 nitrogen and oxygen atoms in total. The normalized spacial score (nSPS) is 12.3. The quantitative estimate of drug-likeness (QED) is 0.658. The van der Waals surface area contributed by atoms with Gasteiger partial charge < -0.3 is 4.74 Å². The second-order valence-corrected chi connectivity index (χ2v) is 4.93. The van der Waals surface area contributed by atoms with Crippen LogP contribution in [0.4, 0.5) is 17.6 Å². The molecule has 0 bridgehead atoms. The lowest BCUT2D eigenvalue weighted by Gasteiger charge is -2.12. The van der Waals surface area contributed by atoms with Gasteiger partial charge in [0.15, 0.2) is 0 Å². The Morgan fingerprint density at radius 3 is 2.21 bits per heavy atom. The van der Waals surface area contributed by atoms with Crippen LogP contribution in [0.5, 0.6) is 0 Å². The largest absolute Gasteiger partial charge is 0.465 e. The summed E-state index contributed by atoms with van der Waals surface area (Å²) in [5.74, 6) is -3.37. The molecule has 2 N–H and O–H groups in total. The number of benzene rings is 1. The highest BCUT2D eigenvalue weighted by Gasteiger charge is 2.37. The number of ether oxygens (including phenoxy) is 1. The summed E-state index contributed by atoms with van der Waals surface area (Å²) in [6.45, 7) is 0. The first-order chi connectivity index (χ1) is 8.48. The third-order valence-electron chi connectivity index (χ3n) is 2.09. The molecule has 0 aliphatic carbocycles. The predicted octanol–water partition coefficient (Wildman–Crippen LogP) is 1.28. The number of nitrogens with two attached hydrogens (primary N) is 1. The Bertz CT molecular complexity index is 624. The summed E-state index contributed by atoms with van der Waals surface area (Å²) in [5, 5.41) is 4.66. The molecule has 1 aromatic carbocycles. The monoisotopic (exact) mass is 301 g/mol. The number of sulfonamides is 1. The van der Waals surface area contributed by atoms with Gasteiger partial charge in [0, 0.05) is 0 Å². The van der Waals surface area contributed by atoms with Crippen molar-refractivity contribution < 1.29 is 35.5 Å². The smallest absolute Gasteiger partial charge is 0.419 e. The van der Waals surface area contributed by atoms with Gasteiger partial charge in [0.2, 0.25) is 10.0 Å². The molecule has 0 unspecified atom stereocenters. The molecule has 0 amide bonds. The van der Waals surface area contributed by atoms with Crippen molar-refractivity contribution in [3.05, 3.63) is 29.1 Å². The first-order valence-corrected chi connectivity index (χ1v) is 6.05. The molecule has 0 heterocycles. The number of carbonyl (C=O) groups excluding carboxylic acids is 1. The van der Waals surface area contributed by atoms with Crippen molar-refractivity contribution in [3.8, 4) is 0 Å². The number of primary sulfonamides is 1. The van der Waals surface area contributed by atoms with E-state index in [1.807, 2.05) is 0 Å². The molecule has 0 radical (unpaired) electrons. The van der Waals surface area contributed by atoms with Crippen molar-refractivity contribution in [1.82, 2.24) is 0 Å². The maximum Gasteiger partial charge on any atom is 0.419 e. The van der Waals surface area contributed by atoms with E-state index in [4.69, 9.17) is 0 Å². The van der Waals surface area contributed by atoms with Gasteiger partial charge in [-0.2, -0.15) is 13.2 Å². The zero-order chi connectivity index (χ0) is 15.0. The SMILES string of the molecule is COC(=O)c1cc(S(N)(=O)=O)cc(C(F)(F)F)c1F. The summed E-state index contributed by atoms with van der Waals surface area (Å²) in [4.78, 5) is 10.1. The Morgan fingerprint density at radius 2 is 1.84 bits per heavy atom. The molecule has 0 spiro atoms. The minimum atomic E-state index is -5.19. The van der Waals surface area contributed by atoms with E-state index in [9.17, 15) is 30.8 Å². The van der Waals surface area contributed by atoms with E-state index in [1.165, 1.54) is 0 Å². The summed E-state index contributed by atoms with van der Waals surface area (Å²) < 4.78 is 77.2. The van der Waals surface area contributed by atoms with Crippen LogP contribution >= 0.6 is 0 Å². The van der Waals surface area contributed by atoms with E-state index in [0.29, 0.717) is 6.07 Å². The second kappa shape index (κ2) is 4.78. The number of rotatable bonds is 2. The topological polar surface area (TPSA) is 86.5 Å². The molecule has 1 rings (SSSR count). The van der Waals surface area contributed by atoms with Gasteiger partial charge in [-0.1, -0.05) is 0 Å². The molecule has 0 saturated heterocycles. The van der Waals surface area contributed by atoms with Crippen LogP contribution in [-0.4, -0.2) is 21.5 Å². The number of hydrogen-bond acceptors (Lipinski definition) is 4. The minimum Gasteiger partial charge on any atom is -0.465 e. The fraction of sp³-hybridized carbons (Fsp3) is 0.222. The lowest BCUT2D eigenvalue weighted by atomic mass is 10.1. The van der Waals surface area contributed by atoms with Gasteiger partial charge in [0.05, 0.1) is 23.1 Å². The van der Waals surface area contributed by atoms with E-state index < -0.39 is 44.0 Å². The van der Waals surface area contributed by atoms with Crippen LogP contribution in [0.15, 0.2) is 17.0 Å². The van der Waals surface area contributed by atoms with Crippen LogP contribution in [0.25, 0.3) is 0 Å². The van der Waals surface area contributed by atoms with Crippen LogP contribution in [-0.2, 0) is 20.9 Å². The van der Waals surface area contributed by atoms with Crippen LogP contribution in [0.3, 0.4) is 0 Å². The summed E-state index contributed by atoms with van der Waals surface area (Å²) in [6, 6.07) is 0.392. The summed E-state index contributed by atoms with van der Waals surface area (Å²) in [7, 11) is -3.74. The van der Waals surface area contributed by atoms with E-state index in [-0.39, 0.29) is 6.07 Å². The highest BCUT2D eigenvalue weighted by molar-refractivity contribution is 7.89. The maximum absolute atomic E-state index is 13.5. The van der Waals surface area contributed by atoms with Gasteiger partial charge in [0.25, 0.3) is 0 Å². The van der Waals surface area contributed by atoms with Crippen molar-refractivity contribution in [2.45, 2.75) is 11.1 Å². The maximum atomic E-state index is 13.5. The standard InChI is InChI=1S/C9H7F4NO4S/c1-18-8(15)5-2-4(19(14,16)17)3-6(7(5)10)9(11,12)13/h2-3H,1H3,(H2,14,16,17). The van der Waals surface area contributed by atoms with Gasteiger partial charge in [-0.25, -0.2) is 22.7 Å². The Hall–Kier alpha value is -1.68. The van der Waals surface area contributed by atoms with Gasteiger partial charge in [0.1, 0.15) is 5.82 Å². The summed E-state index contributed by atoms with van der Waals surface area (Å²) in [6.07, 6.45) is -5.19. The van der Waals surface area contributed by atoms with Gasteiger partial charge in [-0.3, -0.25) is 0 Å². The van der Waals surface area contributed by atoms with Crippen molar-refractivity contribution in [3.63, 3.8) is 0 Å². The van der Waals surface area contributed by atoms with Crippen molar-refractivity contribution in [2.75, 3.05) is 7.11 Å². The zero-order valence-electron chi connectivity index (χ0n) is 9.29. The van der Waals surface area contributed by atoms with E-state index in [1.54, 1.807) is 0 Å². The number of halogens is 4. The van der Waals surface area contributed by atoms with Gasteiger partial charge in [-0.05, 0) is 12.1 Å². The van der Waals surface area contributed by atoms with E-state index >= 15 is 0 Å². The van der Waals surface area contributed by atoms with Crippen molar-refractivity contribution in [1.29, 1.82) is 0 Å². The third-order valence-corrected chi connectivity index (χ3v) is 2.98. The molecule has 0 saturated carbocycles. The lowest BCUT2D eigenvalue weighted by molar-refractivity contribution is -0.140. The number of hydrogen-bond donors (Lipinski definition) is 1. The van der Waals surface area contributed by atoms with E-state index in [0.717, 1.165) is 7.11 Å². The molecule has 0 aliphatic rings. The average Bonchev–Trinajstić information content (AvgIpc) is 2.25. The summed E-state index contributed by atoms with van der Waals surface area (Å²) >= 11 is 0. The molecule has 0 aliphatic heterocycles. The zero-order valence-corrected chi connectivity index (χ0v) is 10.1. The second-order valence-electron chi connectivity index (χ2n) is 3.37. The molecule has 0 atom stereocenters. The van der Waals surface area contributed by atoms with Crippen molar-refractivity contribution >= 4 is 16.0 Å². The van der Waals surface area contributed by atoms with Crippen LogP contribution in [0, 0.1) is 5.82 Å². The number of carbonyl (C=O) groups is 1. The van der Waals surface area contributed by atoms with Crippen molar-refractivity contribution in [2.24, 2.45) is 5.14 Å². The van der Waals surface area contributed by atoms with Gasteiger partial charge in [-0.15, -0.1) is 0 Å². The van der Waals surface area contributed by atoms with Gasteiger partial charge >= 0.3 is 12.1 Å². The van der Waals surface area contributed by atoms with Crippen LogP contribution in [0.2, 0.25) is 0 Å². The first kappa shape index (κ1) is 15.4. The molecule has 0 fully saturated rings. The summed E-state index contributed by atoms with van der Waals surface area (Å²) in [5.41, 5.74) is -3.08. The van der Waals surface area contributed by atoms with Crippen LogP contribution in [0.1, 0.15) is 15.9 Å². The molecule has 106 valence electrons. The molecule has 1 aromatic rings. The Labute approximate surface area is 105 Å². The molecular weight excluding hydrogens is 294 g/mol. The molecule has 19 heavy (non-hydrogen) atoms. The highest BCUT2D eigenvalue weighted by atomic mass is 32.2. The highest BCUT2D eigenvalue weighted by Crippen LogP contribution is 2.34. The Balaban J connectivity index is 3.72. The number of methoxy groups -OCH3 is 1. The van der Waals surface area contributed by atoms with E-state index in [2.05, 4.69) is 9.88 Å². The fourth-order valence-electron chi connectivity index (χ4n) is 1.23. The Morgan fingerprint density at radius 1 is 1.32 bits per heavy atom. The molecule has 10 heteroatoms. The predicted molar refractivity (Wildman–Crippen MR) is 54.1 cm³/mol.